The third-order valence-corrected chi connectivity index (χ3v) is 5.33. The number of nitrogens with one attached hydrogen (secondary N) is 2. The molecule has 0 saturated heterocycles. The molecule has 1 aromatic heterocycles. The monoisotopic (exact) mass is 342 g/mol. The molecule has 126 valence electrons. The van der Waals surface area contributed by atoms with Crippen LogP contribution in [0.15, 0.2) is 47.9 Å². The van der Waals surface area contributed by atoms with E-state index in [4.69, 9.17) is 0 Å². The Kier molecular flexibility index (Phi) is 5.69. The van der Waals surface area contributed by atoms with Gasteiger partial charge in [-0.2, -0.15) is 0 Å². The highest BCUT2D eigenvalue weighted by Crippen LogP contribution is 2.31. The first-order chi connectivity index (χ1) is 11.7. The van der Waals surface area contributed by atoms with E-state index in [1.165, 1.54) is 0 Å². The van der Waals surface area contributed by atoms with Gasteiger partial charge in [-0.3, -0.25) is 0 Å². The highest BCUT2D eigenvalue weighted by molar-refractivity contribution is 7.99. The Morgan fingerprint density at radius 2 is 1.88 bits per heavy atom. The highest BCUT2D eigenvalue weighted by atomic mass is 32.2. The highest BCUT2D eigenvalue weighted by Gasteiger charge is 2.23. The normalized spacial score (nSPS) is 20.4. The van der Waals surface area contributed by atoms with E-state index in [9.17, 15) is 4.79 Å². The molecule has 0 unspecified atom stereocenters. The molecule has 0 spiro atoms. The summed E-state index contributed by atoms with van der Waals surface area (Å²) in [4.78, 5) is 20.6. The standard InChI is InChI=1S/C18H22N4OS/c1-13-4-2-5-15(12-13)22-17(23)21-14-6-8-16(9-7-14)24-18-19-10-3-11-20-18/h2-5,10-12,14,16H,6-9H2,1H3,(H2,21,22,23). The Labute approximate surface area is 146 Å². The van der Waals surface area contributed by atoms with Gasteiger partial charge in [0, 0.05) is 29.4 Å². The topological polar surface area (TPSA) is 66.9 Å². The van der Waals surface area contributed by atoms with Crippen molar-refractivity contribution in [2.45, 2.75) is 49.1 Å². The number of carbonyl (C=O) groups is 1. The van der Waals surface area contributed by atoms with Gasteiger partial charge < -0.3 is 10.6 Å². The molecule has 5 nitrogen and oxygen atoms in total. The van der Waals surface area contributed by atoms with Crippen molar-refractivity contribution >= 4 is 23.5 Å². The number of hydrogen-bond donors (Lipinski definition) is 2. The van der Waals surface area contributed by atoms with E-state index in [0.717, 1.165) is 42.1 Å². The zero-order chi connectivity index (χ0) is 16.8. The van der Waals surface area contributed by atoms with Gasteiger partial charge in [-0.1, -0.05) is 23.9 Å². The summed E-state index contributed by atoms with van der Waals surface area (Å²) >= 11 is 1.74. The lowest BCUT2D eigenvalue weighted by molar-refractivity contribution is 0.244. The molecule has 2 amide bonds. The van der Waals surface area contributed by atoms with E-state index in [1.54, 1.807) is 24.2 Å². The largest absolute Gasteiger partial charge is 0.335 e. The molecule has 1 heterocycles. The van der Waals surface area contributed by atoms with Crippen molar-refractivity contribution in [2.75, 3.05) is 5.32 Å². The van der Waals surface area contributed by atoms with Crippen molar-refractivity contribution in [1.82, 2.24) is 15.3 Å². The second-order valence-corrected chi connectivity index (χ2v) is 7.36. The summed E-state index contributed by atoms with van der Waals surface area (Å²) in [5.74, 6) is 0. The first-order valence-electron chi connectivity index (χ1n) is 8.27. The maximum atomic E-state index is 12.1. The molecule has 1 aromatic carbocycles. The Hall–Kier alpha value is -2.08. The summed E-state index contributed by atoms with van der Waals surface area (Å²) in [7, 11) is 0. The van der Waals surface area contributed by atoms with E-state index in [1.807, 2.05) is 37.3 Å². The van der Waals surface area contributed by atoms with Gasteiger partial charge in [0.05, 0.1) is 0 Å². The van der Waals surface area contributed by atoms with Crippen LogP contribution in [-0.2, 0) is 0 Å². The maximum Gasteiger partial charge on any atom is 0.319 e. The Bertz CT molecular complexity index is 672. The number of urea groups is 1. The zero-order valence-electron chi connectivity index (χ0n) is 13.7. The van der Waals surface area contributed by atoms with E-state index < -0.39 is 0 Å². The van der Waals surface area contributed by atoms with Crippen LogP contribution in [0.4, 0.5) is 10.5 Å². The number of nitrogens with zero attached hydrogens (tertiary/aromatic N) is 2. The van der Waals surface area contributed by atoms with E-state index in [-0.39, 0.29) is 12.1 Å². The first-order valence-corrected chi connectivity index (χ1v) is 9.15. The van der Waals surface area contributed by atoms with Crippen molar-refractivity contribution in [2.24, 2.45) is 0 Å². The summed E-state index contributed by atoms with van der Waals surface area (Å²) in [5.41, 5.74) is 1.96. The quantitative estimate of drug-likeness (QED) is 0.824. The molecule has 2 N–H and O–H groups in total. The minimum Gasteiger partial charge on any atom is -0.335 e. The molecule has 1 aliphatic carbocycles. The fourth-order valence-corrected chi connectivity index (χ4v) is 3.95. The van der Waals surface area contributed by atoms with Crippen LogP contribution in [-0.4, -0.2) is 27.3 Å². The molecule has 0 bridgehead atoms. The molecule has 1 saturated carbocycles. The van der Waals surface area contributed by atoms with Crippen LogP contribution in [0.2, 0.25) is 0 Å². The molecular formula is C18H22N4OS. The third-order valence-electron chi connectivity index (χ3n) is 4.10. The molecular weight excluding hydrogens is 320 g/mol. The van der Waals surface area contributed by atoms with Gasteiger partial charge in [0.1, 0.15) is 0 Å². The first kappa shape index (κ1) is 16.8. The van der Waals surface area contributed by atoms with Crippen LogP contribution in [0.3, 0.4) is 0 Å². The fraction of sp³-hybridized carbons (Fsp3) is 0.389. The lowest BCUT2D eigenvalue weighted by Gasteiger charge is -2.28. The zero-order valence-corrected chi connectivity index (χ0v) is 14.6. The number of carbonyl (C=O) groups excluding carboxylic acids is 1. The molecule has 3 rings (SSSR count). The van der Waals surface area contributed by atoms with Crippen molar-refractivity contribution in [3.63, 3.8) is 0 Å². The lowest BCUT2D eigenvalue weighted by atomic mass is 9.95. The van der Waals surface area contributed by atoms with Gasteiger partial charge in [-0.25, -0.2) is 14.8 Å². The SMILES string of the molecule is Cc1cccc(NC(=O)NC2CCC(Sc3ncccn3)CC2)c1. The van der Waals surface area contributed by atoms with E-state index in [2.05, 4.69) is 20.6 Å². The average molecular weight is 342 g/mol. The minimum atomic E-state index is -0.122. The average Bonchev–Trinajstić information content (AvgIpc) is 2.57. The van der Waals surface area contributed by atoms with Gasteiger partial charge in [0.15, 0.2) is 5.16 Å². The number of aryl methyl sites for hydroxylation is 1. The fourth-order valence-electron chi connectivity index (χ4n) is 2.90. The van der Waals surface area contributed by atoms with Crippen LogP contribution in [0, 0.1) is 6.92 Å². The minimum absolute atomic E-state index is 0.122. The summed E-state index contributed by atoms with van der Waals surface area (Å²) in [5, 5.41) is 7.36. The van der Waals surface area contributed by atoms with Crippen molar-refractivity contribution < 1.29 is 4.79 Å². The molecule has 24 heavy (non-hydrogen) atoms. The second-order valence-electron chi connectivity index (χ2n) is 6.09. The molecule has 1 fully saturated rings. The number of anilines is 1. The molecule has 6 heteroatoms. The molecule has 0 aliphatic heterocycles. The lowest BCUT2D eigenvalue weighted by Crippen LogP contribution is -2.40. The summed E-state index contributed by atoms with van der Waals surface area (Å²) in [6.45, 7) is 2.01. The van der Waals surface area contributed by atoms with Gasteiger partial charge in [-0.05, 0) is 56.4 Å². The van der Waals surface area contributed by atoms with E-state index >= 15 is 0 Å². The van der Waals surface area contributed by atoms with Crippen LogP contribution < -0.4 is 10.6 Å². The number of benzene rings is 1. The number of thioether (sulfide) groups is 1. The van der Waals surface area contributed by atoms with Gasteiger partial charge >= 0.3 is 6.03 Å². The predicted molar refractivity (Wildman–Crippen MR) is 97.3 cm³/mol. The van der Waals surface area contributed by atoms with Crippen LogP contribution in [0.1, 0.15) is 31.2 Å². The number of aromatic nitrogens is 2. The predicted octanol–water partition coefficient (Wildman–Crippen LogP) is 4.01. The van der Waals surface area contributed by atoms with Gasteiger partial charge in [-0.15, -0.1) is 0 Å². The number of amides is 2. The summed E-state index contributed by atoms with van der Waals surface area (Å²) < 4.78 is 0. The van der Waals surface area contributed by atoms with Crippen molar-refractivity contribution in [3.8, 4) is 0 Å². The van der Waals surface area contributed by atoms with Crippen LogP contribution in [0.5, 0.6) is 0 Å². The molecule has 2 aromatic rings. The van der Waals surface area contributed by atoms with Gasteiger partial charge in [0.2, 0.25) is 0 Å². The van der Waals surface area contributed by atoms with Gasteiger partial charge in [0.25, 0.3) is 0 Å². The van der Waals surface area contributed by atoms with Crippen molar-refractivity contribution in [3.05, 3.63) is 48.3 Å². The third kappa shape index (κ3) is 4.96. The molecule has 0 radical (unpaired) electrons. The Morgan fingerprint density at radius 3 is 2.58 bits per heavy atom. The maximum absolute atomic E-state index is 12.1. The Balaban J connectivity index is 1.42. The number of rotatable bonds is 4. The molecule has 1 aliphatic rings. The molecule has 0 atom stereocenters. The van der Waals surface area contributed by atoms with E-state index in [0.29, 0.717) is 5.25 Å². The smallest absolute Gasteiger partial charge is 0.319 e. The second kappa shape index (κ2) is 8.15. The van der Waals surface area contributed by atoms with Crippen LogP contribution >= 0.6 is 11.8 Å². The van der Waals surface area contributed by atoms with Crippen LogP contribution in [0.25, 0.3) is 0 Å². The van der Waals surface area contributed by atoms with Crippen molar-refractivity contribution in [1.29, 1.82) is 0 Å². The number of hydrogen-bond acceptors (Lipinski definition) is 4. The summed E-state index contributed by atoms with van der Waals surface area (Å²) in [6.07, 6.45) is 7.67. The Morgan fingerprint density at radius 1 is 1.12 bits per heavy atom. The summed E-state index contributed by atoms with van der Waals surface area (Å²) in [6, 6.07) is 9.77.